The van der Waals surface area contributed by atoms with Crippen molar-refractivity contribution in [1.82, 2.24) is 4.98 Å². The van der Waals surface area contributed by atoms with Gasteiger partial charge in [0.15, 0.2) is 5.13 Å². The summed E-state index contributed by atoms with van der Waals surface area (Å²) in [6, 6.07) is 0. The maximum Gasteiger partial charge on any atom is 0.187 e. The van der Waals surface area contributed by atoms with E-state index in [-0.39, 0.29) is 5.54 Å². The Morgan fingerprint density at radius 3 is 2.73 bits per heavy atom. The summed E-state index contributed by atoms with van der Waals surface area (Å²) in [5.74, 6) is 0.449. The molecule has 84 valence electrons. The minimum atomic E-state index is 0.199. The van der Waals surface area contributed by atoms with Crippen LogP contribution in [0.3, 0.4) is 0 Å². The lowest BCUT2D eigenvalue weighted by Gasteiger charge is -2.31. The smallest absolute Gasteiger partial charge is 0.187 e. The number of aromatic nitrogens is 1. The molecule has 0 amide bonds. The fourth-order valence-electron chi connectivity index (χ4n) is 1.98. The summed E-state index contributed by atoms with van der Waals surface area (Å²) < 4.78 is 0. The van der Waals surface area contributed by atoms with Gasteiger partial charge in [0.25, 0.3) is 0 Å². The van der Waals surface area contributed by atoms with Crippen LogP contribution in [0.5, 0.6) is 0 Å². The zero-order valence-corrected chi connectivity index (χ0v) is 11.2. The SMILES string of the molecule is CC1(C)CCCN1c1nc(Cl)c(CCl)s1. The predicted molar refractivity (Wildman–Crippen MR) is 67.3 cm³/mol. The number of anilines is 1. The highest BCUT2D eigenvalue weighted by Crippen LogP contribution is 2.38. The summed E-state index contributed by atoms with van der Waals surface area (Å²) in [6.45, 7) is 5.56. The fraction of sp³-hybridized carbons (Fsp3) is 0.700. The van der Waals surface area contributed by atoms with E-state index in [4.69, 9.17) is 23.2 Å². The van der Waals surface area contributed by atoms with Crippen LogP contribution in [0.15, 0.2) is 0 Å². The van der Waals surface area contributed by atoms with Gasteiger partial charge in [-0.15, -0.1) is 11.6 Å². The molecule has 2 nitrogen and oxygen atoms in total. The molecular formula is C10H14Cl2N2S. The number of alkyl halides is 1. The van der Waals surface area contributed by atoms with Crippen molar-refractivity contribution in [2.24, 2.45) is 0 Å². The molecule has 0 aliphatic carbocycles. The van der Waals surface area contributed by atoms with E-state index in [1.807, 2.05) is 0 Å². The Balaban J connectivity index is 2.29. The van der Waals surface area contributed by atoms with E-state index >= 15 is 0 Å². The van der Waals surface area contributed by atoms with Crippen molar-refractivity contribution in [2.75, 3.05) is 11.4 Å². The second kappa shape index (κ2) is 4.11. The van der Waals surface area contributed by atoms with E-state index in [0.717, 1.165) is 16.6 Å². The maximum absolute atomic E-state index is 6.00. The summed E-state index contributed by atoms with van der Waals surface area (Å²) >= 11 is 13.4. The molecule has 5 heteroatoms. The van der Waals surface area contributed by atoms with Crippen molar-refractivity contribution in [1.29, 1.82) is 0 Å². The van der Waals surface area contributed by atoms with Crippen LogP contribution in [0.2, 0.25) is 5.15 Å². The van der Waals surface area contributed by atoms with Crippen LogP contribution in [0.1, 0.15) is 31.6 Å². The van der Waals surface area contributed by atoms with E-state index in [0.29, 0.717) is 11.0 Å². The second-order valence-electron chi connectivity index (χ2n) is 4.41. The van der Waals surface area contributed by atoms with Crippen molar-refractivity contribution in [2.45, 2.75) is 38.1 Å². The van der Waals surface area contributed by atoms with Crippen molar-refractivity contribution in [3.05, 3.63) is 10.0 Å². The predicted octanol–water partition coefficient (Wildman–Crippen LogP) is 3.91. The zero-order valence-electron chi connectivity index (χ0n) is 8.89. The molecule has 2 heterocycles. The normalized spacial score (nSPS) is 19.9. The minimum Gasteiger partial charge on any atom is -0.343 e. The van der Waals surface area contributed by atoms with Crippen molar-refractivity contribution in [3.8, 4) is 0 Å². The first-order valence-corrected chi connectivity index (χ1v) is 6.76. The van der Waals surface area contributed by atoms with Crippen LogP contribution in [-0.4, -0.2) is 17.1 Å². The van der Waals surface area contributed by atoms with Crippen LogP contribution >= 0.6 is 34.5 Å². The highest BCUT2D eigenvalue weighted by molar-refractivity contribution is 7.16. The summed E-state index contributed by atoms with van der Waals surface area (Å²) in [4.78, 5) is 7.69. The molecule has 0 radical (unpaired) electrons. The molecule has 0 bridgehead atoms. The molecule has 0 spiro atoms. The molecule has 15 heavy (non-hydrogen) atoms. The van der Waals surface area contributed by atoms with Gasteiger partial charge in [-0.05, 0) is 26.7 Å². The number of rotatable bonds is 2. The topological polar surface area (TPSA) is 16.1 Å². The summed E-state index contributed by atoms with van der Waals surface area (Å²) in [5.41, 5.74) is 0.199. The largest absolute Gasteiger partial charge is 0.343 e. The lowest BCUT2D eigenvalue weighted by Crippen LogP contribution is -2.37. The molecule has 1 saturated heterocycles. The van der Waals surface area contributed by atoms with Gasteiger partial charge >= 0.3 is 0 Å². The highest BCUT2D eigenvalue weighted by atomic mass is 35.5. The van der Waals surface area contributed by atoms with Crippen LogP contribution in [-0.2, 0) is 5.88 Å². The van der Waals surface area contributed by atoms with Gasteiger partial charge in [-0.2, -0.15) is 0 Å². The number of halogens is 2. The molecule has 1 aromatic heterocycles. The van der Waals surface area contributed by atoms with Crippen molar-refractivity contribution in [3.63, 3.8) is 0 Å². The van der Waals surface area contributed by atoms with Crippen LogP contribution in [0.25, 0.3) is 0 Å². The average molecular weight is 265 g/mol. The molecule has 1 aliphatic rings. The molecule has 0 N–H and O–H groups in total. The minimum absolute atomic E-state index is 0.199. The van der Waals surface area contributed by atoms with Gasteiger partial charge in [0.05, 0.1) is 10.8 Å². The molecule has 1 aliphatic heterocycles. The van der Waals surface area contributed by atoms with Gasteiger partial charge in [-0.1, -0.05) is 22.9 Å². The third-order valence-corrected chi connectivity index (χ3v) is 4.82. The third kappa shape index (κ3) is 2.10. The fourth-order valence-corrected chi connectivity index (χ4v) is 3.64. The van der Waals surface area contributed by atoms with Gasteiger partial charge in [-0.3, -0.25) is 0 Å². The van der Waals surface area contributed by atoms with E-state index in [1.54, 1.807) is 11.3 Å². The van der Waals surface area contributed by atoms with Gasteiger partial charge in [0, 0.05) is 12.1 Å². The number of thiazole rings is 1. The first-order valence-electron chi connectivity index (χ1n) is 5.03. The van der Waals surface area contributed by atoms with E-state index in [2.05, 4.69) is 23.7 Å². The first kappa shape index (κ1) is 11.5. The third-order valence-electron chi connectivity index (χ3n) is 2.89. The van der Waals surface area contributed by atoms with Gasteiger partial charge in [0.1, 0.15) is 5.15 Å². The zero-order chi connectivity index (χ0) is 11.1. The van der Waals surface area contributed by atoms with Crippen LogP contribution in [0.4, 0.5) is 5.13 Å². The molecule has 1 fully saturated rings. The molecule has 0 atom stereocenters. The Labute approximate surface area is 104 Å². The van der Waals surface area contributed by atoms with E-state index in [1.165, 1.54) is 12.8 Å². The van der Waals surface area contributed by atoms with Crippen molar-refractivity contribution < 1.29 is 0 Å². The van der Waals surface area contributed by atoms with Gasteiger partial charge in [0.2, 0.25) is 0 Å². The Hall–Kier alpha value is 0.01000. The molecule has 1 aromatic rings. The average Bonchev–Trinajstić information content (AvgIpc) is 2.68. The monoisotopic (exact) mass is 264 g/mol. The van der Waals surface area contributed by atoms with Gasteiger partial charge in [-0.25, -0.2) is 4.98 Å². The quantitative estimate of drug-likeness (QED) is 0.753. The van der Waals surface area contributed by atoms with E-state index < -0.39 is 0 Å². The molecule has 0 aromatic carbocycles. The summed E-state index contributed by atoms with van der Waals surface area (Å²) in [5, 5.41) is 1.57. The Morgan fingerprint density at radius 1 is 1.53 bits per heavy atom. The number of hydrogen-bond donors (Lipinski definition) is 0. The Kier molecular flexibility index (Phi) is 3.15. The lowest BCUT2D eigenvalue weighted by atomic mass is 10.0. The molecule has 0 unspecified atom stereocenters. The molecular weight excluding hydrogens is 251 g/mol. The van der Waals surface area contributed by atoms with Crippen molar-refractivity contribution >= 4 is 39.7 Å². The van der Waals surface area contributed by atoms with Crippen LogP contribution in [0, 0.1) is 0 Å². The Bertz CT molecular complexity index is 362. The standard InChI is InChI=1S/C10H14Cl2N2S/c1-10(2)4-3-5-14(10)9-13-8(12)7(6-11)15-9/h3-6H2,1-2H3. The van der Waals surface area contributed by atoms with E-state index in [9.17, 15) is 0 Å². The number of nitrogens with zero attached hydrogens (tertiary/aromatic N) is 2. The molecule has 0 saturated carbocycles. The Morgan fingerprint density at radius 2 is 2.27 bits per heavy atom. The lowest BCUT2D eigenvalue weighted by molar-refractivity contribution is 0.517. The summed E-state index contributed by atoms with van der Waals surface area (Å²) in [6.07, 6.45) is 2.43. The first-order chi connectivity index (χ1) is 7.04. The molecule has 2 rings (SSSR count). The maximum atomic E-state index is 6.00. The number of hydrogen-bond acceptors (Lipinski definition) is 3. The van der Waals surface area contributed by atoms with Gasteiger partial charge < -0.3 is 4.90 Å². The second-order valence-corrected chi connectivity index (χ2v) is 6.10. The highest BCUT2D eigenvalue weighted by Gasteiger charge is 2.34. The summed E-state index contributed by atoms with van der Waals surface area (Å²) in [7, 11) is 0. The van der Waals surface area contributed by atoms with Crippen LogP contribution < -0.4 is 4.90 Å².